The number of hydrogen-bond donors (Lipinski definition) is 2. The van der Waals surface area contributed by atoms with E-state index in [2.05, 4.69) is 10.1 Å². The lowest BCUT2D eigenvalue weighted by atomic mass is 10.0. The first-order valence-corrected chi connectivity index (χ1v) is 10.7. The van der Waals surface area contributed by atoms with Gasteiger partial charge in [0.15, 0.2) is 11.4 Å². The molecule has 1 amide bonds. The van der Waals surface area contributed by atoms with Gasteiger partial charge in [0.2, 0.25) is 5.91 Å². The summed E-state index contributed by atoms with van der Waals surface area (Å²) >= 11 is 0. The zero-order valence-electron chi connectivity index (χ0n) is 17.9. The number of anilines is 1. The predicted octanol–water partition coefficient (Wildman–Crippen LogP) is 3.62. The minimum atomic E-state index is -0.0342. The summed E-state index contributed by atoms with van der Waals surface area (Å²) in [5.74, 6) is 1.12. The highest BCUT2D eigenvalue weighted by Gasteiger charge is 2.23. The van der Waals surface area contributed by atoms with E-state index in [4.69, 9.17) is 10.2 Å². The summed E-state index contributed by atoms with van der Waals surface area (Å²) < 4.78 is 8.06. The van der Waals surface area contributed by atoms with Crippen LogP contribution in [-0.2, 0) is 11.4 Å². The summed E-state index contributed by atoms with van der Waals surface area (Å²) in [4.78, 5) is 17.8. The Hall–Kier alpha value is -3.65. The molecule has 3 aromatic heterocycles. The lowest BCUT2D eigenvalue weighted by molar-refractivity contribution is -0.130. The van der Waals surface area contributed by atoms with Crippen LogP contribution in [-0.4, -0.2) is 43.8 Å². The lowest BCUT2D eigenvalue weighted by Crippen LogP contribution is -2.37. The van der Waals surface area contributed by atoms with Crippen LogP contribution in [0.2, 0.25) is 0 Å². The molecule has 0 saturated carbocycles. The number of nitrogens with two attached hydrogens (primary N) is 1. The Bertz CT molecular complexity index is 1280. The SMILES string of the molecule is CC(=O)N1CCC(n2cc(-c3cnc(N)c4oc(-c5cccc(CO)c5)cc34)cn2)CC1. The molecule has 1 fully saturated rings. The number of aliphatic hydroxyl groups excluding tert-OH is 1. The number of nitrogen functional groups attached to an aromatic ring is 1. The molecular formula is C24H25N5O3. The van der Waals surface area contributed by atoms with Crippen molar-refractivity contribution in [2.24, 2.45) is 0 Å². The highest BCUT2D eigenvalue weighted by Crippen LogP contribution is 2.37. The van der Waals surface area contributed by atoms with E-state index in [9.17, 15) is 9.90 Å². The van der Waals surface area contributed by atoms with Crippen LogP contribution in [0, 0.1) is 0 Å². The number of carbonyl (C=O) groups excluding carboxylic acids is 1. The quantitative estimate of drug-likeness (QED) is 0.511. The van der Waals surface area contributed by atoms with E-state index in [0.29, 0.717) is 17.2 Å². The van der Waals surface area contributed by atoms with Gasteiger partial charge in [-0.2, -0.15) is 5.10 Å². The number of pyridine rings is 1. The van der Waals surface area contributed by atoms with E-state index in [1.165, 1.54) is 0 Å². The number of aromatic nitrogens is 3. The van der Waals surface area contributed by atoms with Crippen LogP contribution >= 0.6 is 0 Å². The van der Waals surface area contributed by atoms with Gasteiger partial charge < -0.3 is 20.2 Å². The van der Waals surface area contributed by atoms with Gasteiger partial charge in [-0.1, -0.05) is 18.2 Å². The molecule has 4 heterocycles. The number of rotatable bonds is 4. The maximum atomic E-state index is 11.6. The Morgan fingerprint density at radius 3 is 2.78 bits per heavy atom. The number of aliphatic hydroxyl groups is 1. The number of nitrogens with zero attached hydrogens (tertiary/aromatic N) is 4. The van der Waals surface area contributed by atoms with E-state index in [-0.39, 0.29) is 18.6 Å². The first kappa shape index (κ1) is 20.3. The average molecular weight is 431 g/mol. The van der Waals surface area contributed by atoms with E-state index in [1.54, 1.807) is 13.1 Å². The number of carbonyl (C=O) groups is 1. The first-order chi connectivity index (χ1) is 15.5. The summed E-state index contributed by atoms with van der Waals surface area (Å²) in [5, 5.41) is 14.9. The Morgan fingerprint density at radius 2 is 2.03 bits per heavy atom. The molecule has 1 aliphatic heterocycles. The summed E-state index contributed by atoms with van der Waals surface area (Å²) in [7, 11) is 0. The number of benzene rings is 1. The molecule has 0 radical (unpaired) electrons. The Kier molecular flexibility index (Phi) is 5.14. The molecule has 0 spiro atoms. The third-order valence-electron chi connectivity index (χ3n) is 6.18. The van der Waals surface area contributed by atoms with Gasteiger partial charge in [-0.15, -0.1) is 0 Å². The van der Waals surface area contributed by atoms with E-state index >= 15 is 0 Å². The summed E-state index contributed by atoms with van der Waals surface area (Å²) in [6.07, 6.45) is 7.38. The van der Waals surface area contributed by atoms with Crippen molar-refractivity contribution in [3.05, 3.63) is 54.5 Å². The van der Waals surface area contributed by atoms with Crippen LogP contribution in [0.25, 0.3) is 33.4 Å². The van der Waals surface area contributed by atoms with Gasteiger partial charge in [0.1, 0.15) is 5.76 Å². The second kappa shape index (κ2) is 8.12. The number of furan rings is 1. The van der Waals surface area contributed by atoms with Crippen LogP contribution < -0.4 is 5.73 Å². The zero-order chi connectivity index (χ0) is 22.2. The summed E-state index contributed by atoms with van der Waals surface area (Å²) in [6, 6.07) is 9.80. The van der Waals surface area contributed by atoms with Crippen LogP contribution in [0.15, 0.2) is 53.3 Å². The predicted molar refractivity (Wildman–Crippen MR) is 122 cm³/mol. The standard InChI is InChI=1S/C24H25N5O3/c1-15(31)28-7-5-19(6-8-28)29-13-18(11-27-29)21-12-26-24(25)23-20(21)10-22(32-23)17-4-2-3-16(9-17)14-30/h2-4,9-13,19,30H,5-8,14H2,1H3,(H2,25,26). The molecule has 0 atom stereocenters. The van der Waals surface area contributed by atoms with Crippen molar-refractivity contribution in [1.29, 1.82) is 0 Å². The third kappa shape index (κ3) is 3.62. The van der Waals surface area contributed by atoms with E-state index in [0.717, 1.165) is 53.6 Å². The molecule has 1 saturated heterocycles. The molecule has 1 aromatic carbocycles. The Morgan fingerprint density at radius 1 is 1.22 bits per heavy atom. The average Bonchev–Trinajstić information content (AvgIpc) is 3.48. The molecule has 3 N–H and O–H groups in total. The van der Waals surface area contributed by atoms with Gasteiger partial charge >= 0.3 is 0 Å². The molecule has 1 aliphatic rings. The van der Waals surface area contributed by atoms with Crippen molar-refractivity contribution in [3.8, 4) is 22.5 Å². The maximum absolute atomic E-state index is 11.6. The number of amides is 1. The van der Waals surface area contributed by atoms with Crippen molar-refractivity contribution in [3.63, 3.8) is 0 Å². The third-order valence-corrected chi connectivity index (χ3v) is 6.18. The number of hydrogen-bond acceptors (Lipinski definition) is 6. The largest absolute Gasteiger partial charge is 0.452 e. The fourth-order valence-corrected chi connectivity index (χ4v) is 4.36. The highest BCUT2D eigenvalue weighted by atomic mass is 16.3. The van der Waals surface area contributed by atoms with Gasteiger partial charge in [0, 0.05) is 54.5 Å². The zero-order valence-corrected chi connectivity index (χ0v) is 17.9. The highest BCUT2D eigenvalue weighted by molar-refractivity contribution is 6.00. The van der Waals surface area contributed by atoms with E-state index in [1.807, 2.05) is 52.3 Å². The minimum absolute atomic E-state index is 0.0342. The molecule has 4 aromatic rings. The van der Waals surface area contributed by atoms with Gasteiger partial charge in [-0.25, -0.2) is 4.98 Å². The summed E-state index contributed by atoms with van der Waals surface area (Å²) in [5.41, 5.74) is 10.2. The molecule has 0 unspecified atom stereocenters. The molecule has 0 aliphatic carbocycles. The van der Waals surface area contributed by atoms with Gasteiger partial charge in [0.25, 0.3) is 0 Å². The molecule has 32 heavy (non-hydrogen) atoms. The number of piperidine rings is 1. The molecule has 164 valence electrons. The van der Waals surface area contributed by atoms with Gasteiger partial charge in [-0.3, -0.25) is 9.48 Å². The minimum Gasteiger partial charge on any atom is -0.452 e. The monoisotopic (exact) mass is 431 g/mol. The van der Waals surface area contributed by atoms with Crippen molar-refractivity contribution in [1.82, 2.24) is 19.7 Å². The van der Waals surface area contributed by atoms with Crippen molar-refractivity contribution in [2.45, 2.75) is 32.4 Å². The lowest BCUT2D eigenvalue weighted by Gasteiger charge is -2.31. The topological polar surface area (TPSA) is 110 Å². The Labute approximate surface area is 185 Å². The fraction of sp³-hybridized carbons (Fsp3) is 0.292. The Balaban J connectivity index is 1.48. The van der Waals surface area contributed by atoms with Crippen LogP contribution in [0.1, 0.15) is 31.4 Å². The van der Waals surface area contributed by atoms with Crippen LogP contribution in [0.3, 0.4) is 0 Å². The van der Waals surface area contributed by atoms with E-state index < -0.39 is 0 Å². The maximum Gasteiger partial charge on any atom is 0.219 e. The first-order valence-electron chi connectivity index (χ1n) is 10.7. The normalized spacial score (nSPS) is 14.9. The summed E-state index contributed by atoms with van der Waals surface area (Å²) in [6.45, 7) is 3.08. The number of likely N-dealkylation sites (tertiary alicyclic amines) is 1. The van der Waals surface area contributed by atoms with Crippen LogP contribution in [0.5, 0.6) is 0 Å². The second-order valence-corrected chi connectivity index (χ2v) is 8.22. The van der Waals surface area contributed by atoms with Crippen molar-refractivity contribution < 1.29 is 14.3 Å². The fourth-order valence-electron chi connectivity index (χ4n) is 4.36. The van der Waals surface area contributed by atoms with Gasteiger partial charge in [-0.05, 0) is 30.5 Å². The molecule has 8 heteroatoms. The molecule has 8 nitrogen and oxygen atoms in total. The van der Waals surface area contributed by atoms with Crippen molar-refractivity contribution >= 4 is 22.7 Å². The van der Waals surface area contributed by atoms with Crippen LogP contribution in [0.4, 0.5) is 5.82 Å². The molecular weight excluding hydrogens is 406 g/mol. The van der Waals surface area contributed by atoms with Gasteiger partial charge in [0.05, 0.1) is 18.8 Å². The van der Waals surface area contributed by atoms with Crippen molar-refractivity contribution in [2.75, 3.05) is 18.8 Å². The molecule has 5 rings (SSSR count). The number of fused-ring (bicyclic) bond motifs is 1. The second-order valence-electron chi connectivity index (χ2n) is 8.22. The smallest absolute Gasteiger partial charge is 0.219 e. The molecule has 0 bridgehead atoms.